The van der Waals surface area contributed by atoms with E-state index in [1.165, 1.54) is 19.3 Å². The lowest BCUT2D eigenvalue weighted by molar-refractivity contribution is -0.137. The Hall–Kier alpha value is -1.36. The van der Waals surface area contributed by atoms with Crippen LogP contribution in [-0.4, -0.2) is 34.2 Å². The van der Waals surface area contributed by atoms with Crippen molar-refractivity contribution in [2.75, 3.05) is 13.1 Å². The molecule has 0 amide bonds. The minimum atomic E-state index is -0.748. The van der Waals surface area contributed by atoms with Crippen LogP contribution in [-0.2, 0) is 11.3 Å². The van der Waals surface area contributed by atoms with Gasteiger partial charge in [0, 0.05) is 18.7 Å². The van der Waals surface area contributed by atoms with Crippen LogP contribution in [0.5, 0.6) is 0 Å². The van der Waals surface area contributed by atoms with Gasteiger partial charge in [-0.3, -0.25) is 9.69 Å². The van der Waals surface area contributed by atoms with E-state index in [0.29, 0.717) is 6.54 Å². The summed E-state index contributed by atoms with van der Waals surface area (Å²) >= 11 is 0. The third-order valence-electron chi connectivity index (χ3n) is 3.53. The van der Waals surface area contributed by atoms with Gasteiger partial charge in [0.15, 0.2) is 0 Å². The fourth-order valence-corrected chi connectivity index (χ4v) is 2.24. The van der Waals surface area contributed by atoms with E-state index in [1.54, 1.807) is 0 Å². The molecule has 20 heavy (non-hydrogen) atoms. The minimum absolute atomic E-state index is 0.178. The van der Waals surface area contributed by atoms with Crippen LogP contribution in [0.2, 0.25) is 0 Å². The van der Waals surface area contributed by atoms with Gasteiger partial charge in [-0.1, -0.05) is 31.3 Å². The molecule has 0 saturated heterocycles. The molecule has 5 heteroatoms. The summed E-state index contributed by atoms with van der Waals surface area (Å²) in [5, 5.41) is 12.8. The molecule has 1 N–H and O–H groups in total. The van der Waals surface area contributed by atoms with Gasteiger partial charge in [-0.05, 0) is 26.8 Å². The fraction of sp³-hybridized carbons (Fsp3) is 0.733. The van der Waals surface area contributed by atoms with Gasteiger partial charge in [0.05, 0.1) is 12.1 Å². The number of nitrogens with zero attached hydrogens (tertiary/aromatic N) is 2. The molecule has 0 unspecified atom stereocenters. The molecule has 0 aliphatic heterocycles. The molecule has 0 aliphatic carbocycles. The van der Waals surface area contributed by atoms with Gasteiger partial charge in [-0.15, -0.1) is 0 Å². The van der Waals surface area contributed by atoms with E-state index in [-0.39, 0.29) is 6.42 Å². The van der Waals surface area contributed by atoms with Crippen LogP contribution in [0.1, 0.15) is 56.0 Å². The van der Waals surface area contributed by atoms with Crippen LogP contribution in [0.25, 0.3) is 0 Å². The number of rotatable bonds is 10. The van der Waals surface area contributed by atoms with Crippen molar-refractivity contribution >= 4 is 5.97 Å². The normalized spacial score (nSPS) is 11.2. The molecule has 0 spiro atoms. The Morgan fingerprint density at radius 3 is 2.55 bits per heavy atom. The van der Waals surface area contributed by atoms with Crippen molar-refractivity contribution in [1.82, 2.24) is 10.1 Å². The van der Waals surface area contributed by atoms with Crippen molar-refractivity contribution in [3.05, 3.63) is 17.0 Å². The lowest BCUT2D eigenvalue weighted by atomic mass is 10.1. The van der Waals surface area contributed by atoms with Gasteiger partial charge in [-0.2, -0.15) is 0 Å². The van der Waals surface area contributed by atoms with E-state index in [9.17, 15) is 4.79 Å². The van der Waals surface area contributed by atoms with Gasteiger partial charge in [0.2, 0.25) is 0 Å². The molecule has 1 heterocycles. The molecule has 0 atom stereocenters. The van der Waals surface area contributed by atoms with Gasteiger partial charge in [0.25, 0.3) is 0 Å². The highest BCUT2D eigenvalue weighted by Crippen LogP contribution is 2.16. The van der Waals surface area contributed by atoms with Crippen molar-refractivity contribution in [1.29, 1.82) is 0 Å². The monoisotopic (exact) mass is 282 g/mol. The topological polar surface area (TPSA) is 66.6 Å². The molecule has 5 nitrogen and oxygen atoms in total. The highest BCUT2D eigenvalue weighted by molar-refractivity contribution is 5.66. The number of unbranched alkanes of at least 4 members (excludes halogenated alkanes) is 3. The molecule has 0 radical (unpaired) electrons. The first-order chi connectivity index (χ1) is 9.54. The number of aryl methyl sites for hydroxylation is 2. The Balaban J connectivity index is 2.54. The zero-order valence-corrected chi connectivity index (χ0v) is 12.8. The van der Waals surface area contributed by atoms with Gasteiger partial charge < -0.3 is 9.63 Å². The maximum Gasteiger partial charge on any atom is 0.304 e. The van der Waals surface area contributed by atoms with Crippen LogP contribution < -0.4 is 0 Å². The van der Waals surface area contributed by atoms with Crippen molar-refractivity contribution in [3.63, 3.8) is 0 Å². The summed E-state index contributed by atoms with van der Waals surface area (Å²) in [5.74, 6) is 0.0821. The Bertz CT molecular complexity index is 396. The molecule has 1 aromatic heterocycles. The molecule has 1 aromatic rings. The number of aliphatic carboxylic acids is 1. The maximum absolute atomic E-state index is 10.8. The Morgan fingerprint density at radius 1 is 1.25 bits per heavy atom. The average molecular weight is 282 g/mol. The lowest BCUT2D eigenvalue weighted by Gasteiger charge is -2.21. The molecule has 0 aliphatic rings. The third kappa shape index (κ3) is 5.74. The molecular weight excluding hydrogens is 256 g/mol. The first-order valence-corrected chi connectivity index (χ1v) is 7.40. The van der Waals surface area contributed by atoms with E-state index in [1.807, 2.05) is 13.8 Å². The number of hydrogen-bond donors (Lipinski definition) is 1. The summed E-state index contributed by atoms with van der Waals surface area (Å²) in [7, 11) is 0. The summed E-state index contributed by atoms with van der Waals surface area (Å²) in [5.41, 5.74) is 1.99. The fourth-order valence-electron chi connectivity index (χ4n) is 2.24. The summed E-state index contributed by atoms with van der Waals surface area (Å²) in [6.45, 7) is 8.25. The molecule has 0 saturated carbocycles. The lowest BCUT2D eigenvalue weighted by Crippen LogP contribution is -2.27. The standard InChI is InChI=1S/C15H26N2O3/c1-4-5-6-7-9-17(10-8-15(18)19)11-14-12(2)16-20-13(14)3/h4-11H2,1-3H3,(H,18,19). The van der Waals surface area contributed by atoms with Crippen molar-refractivity contribution in [2.45, 2.75) is 59.4 Å². The second kappa shape index (κ2) is 8.74. The molecular formula is C15H26N2O3. The predicted molar refractivity (Wildman–Crippen MR) is 77.6 cm³/mol. The number of carboxylic acid groups (broad SMARTS) is 1. The first kappa shape index (κ1) is 16.7. The molecule has 0 bridgehead atoms. The smallest absolute Gasteiger partial charge is 0.304 e. The van der Waals surface area contributed by atoms with Crippen LogP contribution in [0.3, 0.4) is 0 Å². The molecule has 114 valence electrons. The highest BCUT2D eigenvalue weighted by Gasteiger charge is 2.14. The predicted octanol–water partition coefficient (Wildman–Crippen LogP) is 3.15. The zero-order valence-electron chi connectivity index (χ0n) is 12.8. The van der Waals surface area contributed by atoms with E-state index >= 15 is 0 Å². The summed E-state index contributed by atoms with van der Waals surface area (Å²) in [6, 6.07) is 0. The van der Waals surface area contributed by atoms with E-state index < -0.39 is 5.97 Å². The second-order valence-corrected chi connectivity index (χ2v) is 5.28. The van der Waals surface area contributed by atoms with Gasteiger partial charge in [-0.25, -0.2) is 0 Å². The second-order valence-electron chi connectivity index (χ2n) is 5.28. The third-order valence-corrected chi connectivity index (χ3v) is 3.53. The van der Waals surface area contributed by atoms with Crippen molar-refractivity contribution in [2.24, 2.45) is 0 Å². The Morgan fingerprint density at radius 2 is 2.00 bits per heavy atom. The number of hydrogen-bond acceptors (Lipinski definition) is 4. The summed E-state index contributed by atoms with van der Waals surface area (Å²) in [6.07, 6.45) is 4.92. The largest absolute Gasteiger partial charge is 0.481 e. The summed E-state index contributed by atoms with van der Waals surface area (Å²) < 4.78 is 5.17. The highest BCUT2D eigenvalue weighted by atomic mass is 16.5. The number of aromatic nitrogens is 1. The zero-order chi connectivity index (χ0) is 15.0. The van der Waals surface area contributed by atoms with Crippen LogP contribution in [0, 0.1) is 13.8 Å². The van der Waals surface area contributed by atoms with Gasteiger partial charge in [0.1, 0.15) is 5.76 Å². The van der Waals surface area contributed by atoms with Crippen LogP contribution in [0.4, 0.5) is 0 Å². The molecule has 1 rings (SSSR count). The minimum Gasteiger partial charge on any atom is -0.481 e. The van der Waals surface area contributed by atoms with Crippen molar-refractivity contribution < 1.29 is 14.4 Å². The van der Waals surface area contributed by atoms with Gasteiger partial charge >= 0.3 is 5.97 Å². The number of carbonyl (C=O) groups is 1. The summed E-state index contributed by atoms with van der Waals surface area (Å²) in [4.78, 5) is 12.9. The first-order valence-electron chi connectivity index (χ1n) is 7.40. The van der Waals surface area contributed by atoms with Crippen LogP contribution in [0.15, 0.2) is 4.52 Å². The van der Waals surface area contributed by atoms with E-state index in [2.05, 4.69) is 17.0 Å². The van der Waals surface area contributed by atoms with E-state index in [0.717, 1.165) is 36.5 Å². The SMILES string of the molecule is CCCCCCN(CCC(=O)O)Cc1c(C)noc1C. The molecule has 0 aromatic carbocycles. The Kier molecular flexibility index (Phi) is 7.30. The number of carboxylic acids is 1. The average Bonchev–Trinajstić information content (AvgIpc) is 2.71. The molecule has 0 fully saturated rings. The van der Waals surface area contributed by atoms with E-state index in [4.69, 9.17) is 9.63 Å². The van der Waals surface area contributed by atoms with Crippen molar-refractivity contribution in [3.8, 4) is 0 Å². The maximum atomic E-state index is 10.8. The van der Waals surface area contributed by atoms with Crippen LogP contribution >= 0.6 is 0 Å². The quantitative estimate of drug-likeness (QED) is 0.668. The Labute approximate surface area is 120 Å².